The van der Waals surface area contributed by atoms with Crippen molar-refractivity contribution >= 4 is 11.6 Å². The van der Waals surface area contributed by atoms with Crippen LogP contribution < -0.4 is 10.6 Å². The molecule has 92 valence electrons. The lowest BCUT2D eigenvalue weighted by Gasteiger charge is -2.07. The van der Waals surface area contributed by atoms with Gasteiger partial charge in [-0.2, -0.15) is 0 Å². The van der Waals surface area contributed by atoms with Crippen LogP contribution in [-0.4, -0.2) is 21.5 Å². The number of hydrogen-bond acceptors (Lipinski definition) is 5. The van der Waals surface area contributed by atoms with Crippen LogP contribution >= 0.6 is 0 Å². The maximum atomic E-state index is 4.15. The van der Waals surface area contributed by atoms with Crippen LogP contribution in [0.15, 0.2) is 49.6 Å². The van der Waals surface area contributed by atoms with E-state index < -0.39 is 0 Å². The van der Waals surface area contributed by atoms with Gasteiger partial charge >= 0.3 is 0 Å². The van der Waals surface area contributed by atoms with E-state index in [2.05, 4.69) is 32.2 Å². The number of rotatable bonds is 6. The quantitative estimate of drug-likeness (QED) is 0.758. The van der Waals surface area contributed by atoms with Gasteiger partial charge in [-0.3, -0.25) is 4.98 Å². The van der Waals surface area contributed by atoms with Gasteiger partial charge in [0.05, 0.1) is 0 Å². The zero-order valence-corrected chi connectivity index (χ0v) is 10.0. The molecule has 0 aromatic carbocycles. The SMILES string of the molecule is C=CCNc1cc(NCc2cccnc2)ncn1. The minimum atomic E-state index is 0.680. The first-order chi connectivity index (χ1) is 8.88. The van der Waals surface area contributed by atoms with Gasteiger partial charge in [0, 0.05) is 31.5 Å². The van der Waals surface area contributed by atoms with Crippen LogP contribution in [0.3, 0.4) is 0 Å². The third kappa shape index (κ3) is 3.55. The predicted octanol–water partition coefficient (Wildman–Crippen LogP) is 2.08. The summed E-state index contributed by atoms with van der Waals surface area (Å²) in [6.07, 6.45) is 6.89. The van der Waals surface area contributed by atoms with E-state index in [1.165, 1.54) is 6.33 Å². The third-order valence-corrected chi connectivity index (χ3v) is 2.29. The molecule has 0 aliphatic rings. The molecular weight excluding hydrogens is 226 g/mol. The molecule has 0 aliphatic carbocycles. The minimum Gasteiger partial charge on any atom is -0.366 e. The molecule has 18 heavy (non-hydrogen) atoms. The van der Waals surface area contributed by atoms with Gasteiger partial charge in [-0.15, -0.1) is 6.58 Å². The van der Waals surface area contributed by atoms with E-state index in [-0.39, 0.29) is 0 Å². The van der Waals surface area contributed by atoms with Crippen LogP contribution in [0.4, 0.5) is 11.6 Å². The Labute approximate surface area is 106 Å². The van der Waals surface area contributed by atoms with Gasteiger partial charge in [0.15, 0.2) is 0 Å². The van der Waals surface area contributed by atoms with E-state index in [0.29, 0.717) is 13.1 Å². The summed E-state index contributed by atoms with van der Waals surface area (Å²) in [5.41, 5.74) is 1.11. The molecule has 0 spiro atoms. The van der Waals surface area contributed by atoms with Crippen molar-refractivity contribution in [3.8, 4) is 0 Å². The van der Waals surface area contributed by atoms with E-state index in [0.717, 1.165) is 17.2 Å². The van der Waals surface area contributed by atoms with Crippen molar-refractivity contribution < 1.29 is 0 Å². The second-order valence-corrected chi connectivity index (χ2v) is 3.67. The van der Waals surface area contributed by atoms with Crippen LogP contribution in [-0.2, 0) is 6.54 Å². The monoisotopic (exact) mass is 241 g/mol. The largest absolute Gasteiger partial charge is 0.366 e. The molecule has 0 saturated carbocycles. The highest BCUT2D eigenvalue weighted by molar-refractivity contribution is 5.46. The number of aromatic nitrogens is 3. The molecule has 2 rings (SSSR count). The average molecular weight is 241 g/mol. The van der Waals surface area contributed by atoms with Gasteiger partial charge in [-0.05, 0) is 11.6 Å². The Balaban J connectivity index is 1.95. The van der Waals surface area contributed by atoms with Crippen molar-refractivity contribution in [1.29, 1.82) is 0 Å². The van der Waals surface area contributed by atoms with Crippen LogP contribution in [0.2, 0.25) is 0 Å². The van der Waals surface area contributed by atoms with E-state index in [9.17, 15) is 0 Å². The van der Waals surface area contributed by atoms with E-state index in [1.54, 1.807) is 12.3 Å². The first kappa shape index (κ1) is 12.0. The average Bonchev–Trinajstić information content (AvgIpc) is 2.44. The van der Waals surface area contributed by atoms with Crippen LogP contribution in [0.25, 0.3) is 0 Å². The Morgan fingerprint density at radius 2 is 2.06 bits per heavy atom. The lowest BCUT2D eigenvalue weighted by molar-refractivity contribution is 1.06. The maximum Gasteiger partial charge on any atom is 0.131 e. The molecule has 5 heteroatoms. The molecule has 0 bridgehead atoms. The Morgan fingerprint density at radius 1 is 1.22 bits per heavy atom. The molecule has 2 aromatic heterocycles. The highest BCUT2D eigenvalue weighted by Crippen LogP contribution is 2.09. The van der Waals surface area contributed by atoms with Gasteiger partial charge in [-0.25, -0.2) is 9.97 Å². The van der Waals surface area contributed by atoms with Gasteiger partial charge in [-0.1, -0.05) is 12.1 Å². The van der Waals surface area contributed by atoms with E-state index >= 15 is 0 Å². The number of nitrogens with one attached hydrogen (secondary N) is 2. The molecular formula is C13H15N5. The smallest absolute Gasteiger partial charge is 0.131 e. The minimum absolute atomic E-state index is 0.680. The first-order valence-corrected chi connectivity index (χ1v) is 5.68. The fraction of sp³-hybridized carbons (Fsp3) is 0.154. The Hall–Kier alpha value is -2.43. The lowest BCUT2D eigenvalue weighted by atomic mass is 10.3. The van der Waals surface area contributed by atoms with Gasteiger partial charge in [0.2, 0.25) is 0 Å². The number of anilines is 2. The second-order valence-electron chi connectivity index (χ2n) is 3.67. The van der Waals surface area contributed by atoms with Crippen LogP contribution in [0.1, 0.15) is 5.56 Å². The number of nitrogens with zero attached hydrogens (tertiary/aromatic N) is 3. The van der Waals surface area contributed by atoms with Gasteiger partial charge < -0.3 is 10.6 Å². The molecule has 0 amide bonds. The summed E-state index contributed by atoms with van der Waals surface area (Å²) in [5, 5.41) is 6.33. The molecule has 0 fully saturated rings. The molecule has 2 heterocycles. The zero-order valence-electron chi connectivity index (χ0n) is 10.0. The third-order valence-electron chi connectivity index (χ3n) is 2.29. The van der Waals surface area contributed by atoms with Crippen LogP contribution in [0, 0.1) is 0 Å². The Morgan fingerprint density at radius 3 is 2.78 bits per heavy atom. The summed E-state index contributed by atoms with van der Waals surface area (Å²) < 4.78 is 0. The highest BCUT2D eigenvalue weighted by Gasteiger charge is 1.98. The maximum absolute atomic E-state index is 4.15. The van der Waals surface area contributed by atoms with Gasteiger partial charge in [0.25, 0.3) is 0 Å². The molecule has 0 aliphatic heterocycles. The molecule has 0 saturated heterocycles. The van der Waals surface area contributed by atoms with E-state index in [1.807, 2.05) is 24.4 Å². The van der Waals surface area contributed by atoms with Crippen molar-refractivity contribution in [3.63, 3.8) is 0 Å². The molecule has 0 radical (unpaired) electrons. The second kappa shape index (κ2) is 6.34. The summed E-state index contributed by atoms with van der Waals surface area (Å²) in [5.74, 6) is 1.55. The normalized spacial score (nSPS) is 9.78. The van der Waals surface area contributed by atoms with Crippen molar-refractivity contribution in [2.75, 3.05) is 17.2 Å². The molecule has 2 aromatic rings. The van der Waals surface area contributed by atoms with Crippen molar-refractivity contribution in [2.45, 2.75) is 6.54 Å². The zero-order chi connectivity index (χ0) is 12.6. The Kier molecular flexibility index (Phi) is 4.24. The first-order valence-electron chi connectivity index (χ1n) is 5.68. The fourth-order valence-corrected chi connectivity index (χ4v) is 1.42. The van der Waals surface area contributed by atoms with Crippen molar-refractivity contribution in [3.05, 3.63) is 55.1 Å². The predicted molar refractivity (Wildman–Crippen MR) is 72.3 cm³/mol. The summed E-state index contributed by atoms with van der Waals surface area (Å²) >= 11 is 0. The summed E-state index contributed by atoms with van der Waals surface area (Å²) in [7, 11) is 0. The lowest BCUT2D eigenvalue weighted by Crippen LogP contribution is -2.05. The van der Waals surface area contributed by atoms with E-state index in [4.69, 9.17) is 0 Å². The Bertz CT molecular complexity index is 498. The fourth-order valence-electron chi connectivity index (χ4n) is 1.42. The van der Waals surface area contributed by atoms with Crippen LogP contribution in [0.5, 0.6) is 0 Å². The van der Waals surface area contributed by atoms with Crippen molar-refractivity contribution in [2.24, 2.45) is 0 Å². The summed E-state index contributed by atoms with van der Waals surface area (Å²) in [6.45, 7) is 5.01. The molecule has 5 nitrogen and oxygen atoms in total. The standard InChI is InChI=1S/C13H15N5/c1-2-5-15-12-7-13(18-10-17-12)16-9-11-4-3-6-14-8-11/h2-4,6-8,10H,1,5,9H2,(H2,15,16,17,18). The topological polar surface area (TPSA) is 62.7 Å². The highest BCUT2D eigenvalue weighted by atomic mass is 15.1. The summed E-state index contributed by atoms with van der Waals surface area (Å²) in [6, 6.07) is 5.78. The summed E-state index contributed by atoms with van der Waals surface area (Å²) in [4.78, 5) is 12.3. The molecule has 0 atom stereocenters. The number of pyridine rings is 1. The molecule has 2 N–H and O–H groups in total. The molecule has 0 unspecified atom stereocenters. The number of hydrogen-bond donors (Lipinski definition) is 2. The van der Waals surface area contributed by atoms with Crippen molar-refractivity contribution in [1.82, 2.24) is 15.0 Å². The van der Waals surface area contributed by atoms with Gasteiger partial charge in [0.1, 0.15) is 18.0 Å².